The Morgan fingerprint density at radius 1 is 1.00 bits per heavy atom. The highest BCUT2D eigenvalue weighted by molar-refractivity contribution is 6.30. The summed E-state index contributed by atoms with van der Waals surface area (Å²) in [6.07, 6.45) is -3.64. The van der Waals surface area contributed by atoms with Gasteiger partial charge in [0.2, 0.25) is 6.29 Å². The number of benzene rings is 2. The number of aliphatic hydroxyl groups excluding tert-OH is 5. The van der Waals surface area contributed by atoms with Crippen molar-refractivity contribution in [1.82, 2.24) is 0 Å². The van der Waals surface area contributed by atoms with Gasteiger partial charge in [-0.2, -0.15) is 0 Å². The van der Waals surface area contributed by atoms with Gasteiger partial charge in [0.1, 0.15) is 30.2 Å². The lowest BCUT2D eigenvalue weighted by atomic mass is 9.99. The van der Waals surface area contributed by atoms with Gasteiger partial charge in [0, 0.05) is 17.2 Å². The first-order valence-electron chi connectivity index (χ1n) is 9.96. The van der Waals surface area contributed by atoms with Crippen LogP contribution < -0.4 is 4.74 Å². The van der Waals surface area contributed by atoms with Crippen LogP contribution in [0.4, 0.5) is 0 Å². The number of rotatable bonds is 6. The minimum Gasteiger partial charge on any atom is -0.462 e. The Bertz CT molecular complexity index is 867. The van der Waals surface area contributed by atoms with Crippen LogP contribution in [0.1, 0.15) is 22.8 Å². The Hall–Kier alpha value is -2.30. The van der Waals surface area contributed by atoms with E-state index in [1.165, 1.54) is 6.08 Å². The zero-order valence-corrected chi connectivity index (χ0v) is 18.2. The third-order valence-corrected chi connectivity index (χ3v) is 4.79. The molecule has 0 spiro atoms. The smallest absolute Gasteiger partial charge is 0.229 e. The average molecular weight is 467 g/mol. The predicted octanol–water partition coefficient (Wildman–Crippen LogP) is 1.41. The number of hydrogen-bond acceptors (Lipinski definition) is 8. The Morgan fingerprint density at radius 2 is 1.59 bits per heavy atom. The summed E-state index contributed by atoms with van der Waals surface area (Å²) in [5.41, 5.74) is 1.27. The summed E-state index contributed by atoms with van der Waals surface area (Å²) in [5.74, 6) is 0.179. The fraction of sp³-hybridized carbons (Fsp3) is 0.348. The van der Waals surface area contributed by atoms with Gasteiger partial charge in [-0.15, -0.1) is 0 Å². The Balaban J connectivity index is 0.00000114. The van der Waals surface area contributed by atoms with Gasteiger partial charge >= 0.3 is 0 Å². The summed E-state index contributed by atoms with van der Waals surface area (Å²) in [6, 6.07) is 13.2. The Labute approximate surface area is 190 Å². The normalized spacial score (nSPS) is 25.2. The van der Waals surface area contributed by atoms with Crippen molar-refractivity contribution in [3.63, 3.8) is 0 Å². The predicted molar refractivity (Wildman–Crippen MR) is 118 cm³/mol. The molecular formula is C23H27ClO8. The number of ketones is 1. The molecule has 1 fully saturated rings. The lowest BCUT2D eigenvalue weighted by Gasteiger charge is -2.39. The second-order valence-electron chi connectivity index (χ2n) is 6.90. The van der Waals surface area contributed by atoms with Crippen LogP contribution >= 0.6 is 11.6 Å². The molecule has 2 aromatic carbocycles. The van der Waals surface area contributed by atoms with E-state index in [0.29, 0.717) is 16.3 Å². The number of carbonyl (C=O) groups is 1. The Kier molecular flexibility index (Phi) is 10.3. The molecule has 9 heteroatoms. The third kappa shape index (κ3) is 7.11. The summed E-state index contributed by atoms with van der Waals surface area (Å²) in [4.78, 5) is 12.1. The van der Waals surface area contributed by atoms with Gasteiger partial charge < -0.3 is 35.0 Å². The molecule has 174 valence electrons. The van der Waals surface area contributed by atoms with Crippen LogP contribution in [0.2, 0.25) is 5.02 Å². The highest BCUT2D eigenvalue weighted by Crippen LogP contribution is 2.24. The standard InChI is InChI=1S/C21H21ClO7.C2H6O/c22-14-6-4-13(5-7-14)16(24)10-3-12-1-8-15(9-2-12)28-21-20(27)19(26)18(25)17(11-23)29-21;1-2-3/h1-10,17-21,23,25-27H,11H2;3H,2H2,1H3/b10-3+;/t17-,18-,19-,20-,21-;/m1./s1. The van der Waals surface area contributed by atoms with Gasteiger partial charge in [0.15, 0.2) is 5.78 Å². The van der Waals surface area contributed by atoms with E-state index >= 15 is 0 Å². The zero-order valence-electron chi connectivity index (χ0n) is 17.4. The number of carbonyl (C=O) groups excluding carboxylic acids is 1. The molecule has 1 aliphatic heterocycles. The van der Waals surface area contributed by atoms with Crippen molar-refractivity contribution in [2.45, 2.75) is 37.6 Å². The molecule has 5 atom stereocenters. The van der Waals surface area contributed by atoms with Gasteiger partial charge in [-0.1, -0.05) is 29.8 Å². The lowest BCUT2D eigenvalue weighted by molar-refractivity contribution is -0.277. The molecule has 2 aromatic rings. The number of ether oxygens (including phenoxy) is 2. The highest BCUT2D eigenvalue weighted by Gasteiger charge is 2.44. The first kappa shape index (κ1) is 26.0. The molecule has 1 saturated heterocycles. The molecule has 0 radical (unpaired) electrons. The molecule has 1 aliphatic rings. The van der Waals surface area contributed by atoms with Crippen LogP contribution in [-0.4, -0.2) is 75.2 Å². The van der Waals surface area contributed by atoms with Crippen LogP contribution in [0.5, 0.6) is 5.75 Å². The second kappa shape index (κ2) is 12.7. The van der Waals surface area contributed by atoms with E-state index < -0.39 is 37.3 Å². The van der Waals surface area contributed by atoms with Crippen LogP contribution in [0.3, 0.4) is 0 Å². The van der Waals surface area contributed by atoms with Crippen molar-refractivity contribution in [1.29, 1.82) is 0 Å². The molecule has 0 aromatic heterocycles. The summed E-state index contributed by atoms with van der Waals surface area (Å²) in [6.45, 7) is 1.40. The molecule has 0 bridgehead atoms. The van der Waals surface area contributed by atoms with Crippen molar-refractivity contribution in [2.24, 2.45) is 0 Å². The number of aliphatic hydroxyl groups is 5. The molecule has 3 rings (SSSR count). The zero-order chi connectivity index (χ0) is 23.7. The summed E-state index contributed by atoms with van der Waals surface area (Å²) >= 11 is 5.81. The fourth-order valence-corrected chi connectivity index (χ4v) is 2.96. The number of halogens is 1. The van der Waals surface area contributed by atoms with E-state index in [-0.39, 0.29) is 12.4 Å². The fourth-order valence-electron chi connectivity index (χ4n) is 2.84. The third-order valence-electron chi connectivity index (χ3n) is 4.54. The molecule has 32 heavy (non-hydrogen) atoms. The SMILES string of the molecule is CCO.O=C(/C=C/c1ccc(O[C@@H]2O[C@H](CO)[C@@H](O)[C@@H](O)[C@H]2O)cc1)c1ccc(Cl)cc1. The van der Waals surface area contributed by atoms with Crippen LogP contribution in [0, 0.1) is 0 Å². The van der Waals surface area contributed by atoms with Gasteiger partial charge in [-0.05, 0) is 55.0 Å². The maximum Gasteiger partial charge on any atom is 0.229 e. The molecule has 1 heterocycles. The minimum absolute atomic E-state index is 0.164. The summed E-state index contributed by atoms with van der Waals surface area (Å²) < 4.78 is 10.8. The van der Waals surface area contributed by atoms with E-state index in [1.807, 2.05) is 0 Å². The van der Waals surface area contributed by atoms with Crippen LogP contribution in [-0.2, 0) is 4.74 Å². The van der Waals surface area contributed by atoms with Crippen LogP contribution in [0.25, 0.3) is 6.08 Å². The van der Waals surface area contributed by atoms with Crippen LogP contribution in [0.15, 0.2) is 54.6 Å². The molecule has 0 amide bonds. The monoisotopic (exact) mass is 466 g/mol. The number of hydrogen-bond donors (Lipinski definition) is 5. The largest absolute Gasteiger partial charge is 0.462 e. The lowest BCUT2D eigenvalue weighted by Crippen LogP contribution is -2.60. The molecular weight excluding hydrogens is 440 g/mol. The summed E-state index contributed by atoms with van der Waals surface area (Å²) in [7, 11) is 0. The molecule has 8 nitrogen and oxygen atoms in total. The maximum atomic E-state index is 12.1. The molecule has 0 saturated carbocycles. The number of allylic oxidation sites excluding steroid dienone is 1. The van der Waals surface area contributed by atoms with Gasteiger partial charge in [0.05, 0.1) is 6.61 Å². The van der Waals surface area contributed by atoms with Crippen molar-refractivity contribution >= 4 is 23.5 Å². The van der Waals surface area contributed by atoms with Gasteiger partial charge in [0.25, 0.3) is 0 Å². The summed E-state index contributed by atoms with van der Waals surface area (Å²) in [5, 5.41) is 46.9. The van der Waals surface area contributed by atoms with Crippen molar-refractivity contribution < 1.29 is 39.8 Å². The van der Waals surface area contributed by atoms with E-state index in [1.54, 1.807) is 61.5 Å². The maximum absolute atomic E-state index is 12.1. The first-order chi connectivity index (χ1) is 15.3. The topological polar surface area (TPSA) is 137 Å². The van der Waals surface area contributed by atoms with E-state index in [2.05, 4.69) is 0 Å². The highest BCUT2D eigenvalue weighted by atomic mass is 35.5. The van der Waals surface area contributed by atoms with Gasteiger partial charge in [-0.25, -0.2) is 0 Å². The van der Waals surface area contributed by atoms with Gasteiger partial charge in [-0.3, -0.25) is 4.79 Å². The quantitative estimate of drug-likeness (QED) is 0.318. The van der Waals surface area contributed by atoms with E-state index in [9.17, 15) is 25.2 Å². The van der Waals surface area contributed by atoms with Crippen molar-refractivity contribution in [2.75, 3.05) is 13.2 Å². The average Bonchev–Trinajstić information content (AvgIpc) is 2.79. The Morgan fingerprint density at radius 3 is 2.16 bits per heavy atom. The van der Waals surface area contributed by atoms with Crippen molar-refractivity contribution in [3.05, 3.63) is 70.8 Å². The van der Waals surface area contributed by atoms with E-state index in [0.717, 1.165) is 5.56 Å². The second-order valence-corrected chi connectivity index (χ2v) is 7.34. The van der Waals surface area contributed by atoms with E-state index in [4.69, 9.17) is 26.2 Å². The molecule has 0 aliphatic carbocycles. The molecule has 5 N–H and O–H groups in total. The van der Waals surface area contributed by atoms with Crippen molar-refractivity contribution in [3.8, 4) is 5.75 Å². The first-order valence-corrected chi connectivity index (χ1v) is 10.3. The minimum atomic E-state index is -1.51. The molecule has 0 unspecified atom stereocenters.